The molecular formula is C10H18N2O2S. The van der Waals surface area contributed by atoms with Gasteiger partial charge in [-0.3, -0.25) is 0 Å². The number of aromatic nitrogens is 2. The molecule has 0 aliphatic carbocycles. The standard InChI is InChI=1S/C10H18N2O2S/c1-4-5-15(14)7-9-6-10(13)12(11-9)8(2)3/h6,8,13H,4-5,7H2,1-3H3. The molecule has 0 saturated heterocycles. The Morgan fingerprint density at radius 2 is 2.27 bits per heavy atom. The van der Waals surface area contributed by atoms with Crippen LogP contribution in [0.5, 0.6) is 5.88 Å². The summed E-state index contributed by atoms with van der Waals surface area (Å²) >= 11 is -0.866. The molecule has 0 aromatic carbocycles. The fourth-order valence-electron chi connectivity index (χ4n) is 1.35. The first-order valence-corrected chi connectivity index (χ1v) is 6.65. The molecule has 15 heavy (non-hydrogen) atoms. The fourth-order valence-corrected chi connectivity index (χ4v) is 2.42. The minimum Gasteiger partial charge on any atom is -0.616 e. The zero-order valence-electron chi connectivity index (χ0n) is 9.43. The van der Waals surface area contributed by atoms with E-state index in [0.717, 1.165) is 6.42 Å². The average Bonchev–Trinajstić information content (AvgIpc) is 2.47. The molecule has 5 heteroatoms. The van der Waals surface area contributed by atoms with Crippen molar-refractivity contribution >= 4 is 11.2 Å². The van der Waals surface area contributed by atoms with E-state index in [4.69, 9.17) is 0 Å². The van der Waals surface area contributed by atoms with Crippen molar-refractivity contribution in [1.82, 2.24) is 9.78 Å². The van der Waals surface area contributed by atoms with E-state index in [9.17, 15) is 9.66 Å². The fraction of sp³-hybridized carbons (Fsp3) is 0.700. The summed E-state index contributed by atoms with van der Waals surface area (Å²) in [5.41, 5.74) is 0.702. The van der Waals surface area contributed by atoms with Gasteiger partial charge in [-0.2, -0.15) is 5.10 Å². The van der Waals surface area contributed by atoms with E-state index >= 15 is 0 Å². The number of hydrogen-bond donors (Lipinski definition) is 1. The summed E-state index contributed by atoms with van der Waals surface area (Å²) in [5, 5.41) is 13.8. The second kappa shape index (κ2) is 5.42. The van der Waals surface area contributed by atoms with E-state index in [-0.39, 0.29) is 11.9 Å². The summed E-state index contributed by atoms with van der Waals surface area (Å²) in [7, 11) is 0. The lowest BCUT2D eigenvalue weighted by Gasteiger charge is -2.08. The van der Waals surface area contributed by atoms with Gasteiger partial charge >= 0.3 is 0 Å². The SMILES string of the molecule is CCC[S+]([O-])Cc1cc(O)n(C(C)C)n1. The average molecular weight is 230 g/mol. The molecule has 1 atom stereocenters. The van der Waals surface area contributed by atoms with Crippen LogP contribution in [0.1, 0.15) is 38.9 Å². The molecule has 1 N–H and O–H groups in total. The molecule has 0 fully saturated rings. The molecule has 0 saturated carbocycles. The van der Waals surface area contributed by atoms with Crippen molar-refractivity contribution in [1.29, 1.82) is 0 Å². The predicted octanol–water partition coefficient (Wildman–Crippen LogP) is 1.83. The second-order valence-electron chi connectivity index (χ2n) is 3.82. The molecule has 0 amide bonds. The van der Waals surface area contributed by atoms with Crippen LogP contribution in [-0.2, 0) is 16.9 Å². The molecule has 1 rings (SSSR count). The smallest absolute Gasteiger partial charge is 0.209 e. The van der Waals surface area contributed by atoms with Gasteiger partial charge in [0.15, 0.2) is 0 Å². The van der Waals surface area contributed by atoms with Gasteiger partial charge < -0.3 is 9.66 Å². The van der Waals surface area contributed by atoms with Crippen LogP contribution in [-0.4, -0.2) is 25.2 Å². The lowest BCUT2D eigenvalue weighted by atomic mass is 10.4. The highest BCUT2D eigenvalue weighted by Gasteiger charge is 2.14. The zero-order valence-corrected chi connectivity index (χ0v) is 10.3. The third-order valence-corrected chi connectivity index (χ3v) is 3.48. The number of hydrogen-bond acceptors (Lipinski definition) is 3. The van der Waals surface area contributed by atoms with Crippen molar-refractivity contribution in [2.45, 2.75) is 39.0 Å². The molecule has 0 radical (unpaired) electrons. The van der Waals surface area contributed by atoms with E-state index in [1.807, 2.05) is 20.8 Å². The van der Waals surface area contributed by atoms with Crippen LogP contribution in [0.4, 0.5) is 0 Å². The first-order valence-electron chi connectivity index (χ1n) is 5.17. The quantitative estimate of drug-likeness (QED) is 0.785. The van der Waals surface area contributed by atoms with Crippen molar-refractivity contribution in [3.05, 3.63) is 11.8 Å². The molecule has 1 heterocycles. The van der Waals surface area contributed by atoms with Crippen LogP contribution in [0, 0.1) is 0 Å². The molecule has 1 aromatic heterocycles. The Balaban J connectivity index is 2.66. The summed E-state index contributed by atoms with van der Waals surface area (Å²) in [6.45, 7) is 5.89. The minimum atomic E-state index is -0.866. The van der Waals surface area contributed by atoms with Gasteiger partial charge in [0.2, 0.25) is 5.88 Å². The van der Waals surface area contributed by atoms with Crippen molar-refractivity contribution in [2.75, 3.05) is 5.75 Å². The van der Waals surface area contributed by atoms with Crippen molar-refractivity contribution in [3.8, 4) is 5.88 Å². The molecule has 1 aromatic rings. The van der Waals surface area contributed by atoms with Crippen molar-refractivity contribution < 1.29 is 9.66 Å². The Bertz CT molecular complexity index is 312. The van der Waals surface area contributed by atoms with E-state index < -0.39 is 11.2 Å². The number of nitrogens with zero attached hydrogens (tertiary/aromatic N) is 2. The molecule has 0 spiro atoms. The van der Waals surface area contributed by atoms with Crippen molar-refractivity contribution in [3.63, 3.8) is 0 Å². The molecule has 0 aliphatic rings. The van der Waals surface area contributed by atoms with Gasteiger partial charge in [0.05, 0.1) is 6.04 Å². The third kappa shape index (κ3) is 3.43. The topological polar surface area (TPSA) is 61.1 Å². The van der Waals surface area contributed by atoms with Gasteiger partial charge in [-0.05, 0) is 31.4 Å². The molecule has 0 aliphatic heterocycles. The van der Waals surface area contributed by atoms with Crippen LogP contribution in [0.15, 0.2) is 6.07 Å². The third-order valence-electron chi connectivity index (χ3n) is 2.00. The van der Waals surface area contributed by atoms with Gasteiger partial charge in [-0.1, -0.05) is 6.92 Å². The highest BCUT2D eigenvalue weighted by molar-refractivity contribution is 7.90. The Labute approximate surface area is 93.5 Å². The Hall–Kier alpha value is -0.680. The maximum atomic E-state index is 11.5. The molecule has 1 unspecified atom stereocenters. The van der Waals surface area contributed by atoms with Crippen LogP contribution >= 0.6 is 0 Å². The van der Waals surface area contributed by atoms with Crippen LogP contribution in [0.25, 0.3) is 0 Å². The van der Waals surface area contributed by atoms with Gasteiger partial charge in [0.25, 0.3) is 0 Å². The van der Waals surface area contributed by atoms with Crippen LogP contribution in [0.2, 0.25) is 0 Å². The van der Waals surface area contributed by atoms with E-state index in [0.29, 0.717) is 17.2 Å². The lowest BCUT2D eigenvalue weighted by Crippen LogP contribution is -2.10. The Kier molecular flexibility index (Phi) is 4.47. The summed E-state index contributed by atoms with van der Waals surface area (Å²) in [6.07, 6.45) is 0.906. The summed E-state index contributed by atoms with van der Waals surface area (Å²) in [6, 6.07) is 1.71. The molecule has 86 valence electrons. The summed E-state index contributed by atoms with van der Waals surface area (Å²) in [4.78, 5) is 0. The normalized spacial score (nSPS) is 13.4. The molecule has 0 bridgehead atoms. The van der Waals surface area contributed by atoms with Crippen LogP contribution in [0.3, 0.4) is 0 Å². The number of aromatic hydroxyl groups is 1. The van der Waals surface area contributed by atoms with Gasteiger partial charge in [-0.25, -0.2) is 4.68 Å². The van der Waals surface area contributed by atoms with Crippen LogP contribution < -0.4 is 0 Å². The Morgan fingerprint density at radius 3 is 2.73 bits per heavy atom. The highest BCUT2D eigenvalue weighted by atomic mass is 32.2. The van der Waals surface area contributed by atoms with Gasteiger partial charge in [0, 0.05) is 6.07 Å². The molecular weight excluding hydrogens is 212 g/mol. The van der Waals surface area contributed by atoms with Gasteiger partial charge in [0.1, 0.15) is 17.2 Å². The van der Waals surface area contributed by atoms with E-state index in [1.54, 1.807) is 10.7 Å². The zero-order chi connectivity index (χ0) is 11.4. The van der Waals surface area contributed by atoms with E-state index in [2.05, 4.69) is 5.10 Å². The van der Waals surface area contributed by atoms with E-state index in [1.165, 1.54) is 0 Å². The minimum absolute atomic E-state index is 0.123. The maximum absolute atomic E-state index is 11.5. The Morgan fingerprint density at radius 1 is 1.60 bits per heavy atom. The first-order chi connectivity index (χ1) is 7.04. The predicted molar refractivity (Wildman–Crippen MR) is 61.3 cm³/mol. The summed E-state index contributed by atoms with van der Waals surface area (Å²) in [5.74, 6) is 1.27. The molecule has 4 nitrogen and oxygen atoms in total. The monoisotopic (exact) mass is 230 g/mol. The second-order valence-corrected chi connectivity index (χ2v) is 5.40. The highest BCUT2D eigenvalue weighted by Crippen LogP contribution is 2.18. The maximum Gasteiger partial charge on any atom is 0.209 e. The number of rotatable bonds is 5. The first kappa shape index (κ1) is 12.4. The van der Waals surface area contributed by atoms with Crippen molar-refractivity contribution in [2.24, 2.45) is 0 Å². The largest absolute Gasteiger partial charge is 0.616 e. The lowest BCUT2D eigenvalue weighted by molar-refractivity contribution is 0.377. The van der Waals surface area contributed by atoms with Gasteiger partial charge in [-0.15, -0.1) is 0 Å². The summed E-state index contributed by atoms with van der Waals surface area (Å²) < 4.78 is 13.0.